The van der Waals surface area contributed by atoms with Gasteiger partial charge in [0, 0.05) is 30.1 Å². The summed E-state index contributed by atoms with van der Waals surface area (Å²) in [5.74, 6) is -0.894. The van der Waals surface area contributed by atoms with Gasteiger partial charge in [0.15, 0.2) is 17.3 Å². The number of ether oxygens (including phenoxy) is 1. The van der Waals surface area contributed by atoms with Crippen LogP contribution in [0.25, 0.3) is 22.6 Å². The molecule has 0 amide bonds. The van der Waals surface area contributed by atoms with Gasteiger partial charge in [0.05, 0.1) is 6.26 Å². The molecule has 160 valence electrons. The fraction of sp³-hybridized carbons (Fsp3) is 0.263. The normalized spacial score (nSPS) is 14.4. The number of imidazole rings is 1. The third-order valence-electron chi connectivity index (χ3n) is 4.69. The number of nitrogens with zero attached hydrogens (tertiary/aromatic N) is 5. The van der Waals surface area contributed by atoms with Crippen LogP contribution in [0, 0.1) is 5.82 Å². The van der Waals surface area contributed by atoms with E-state index in [2.05, 4.69) is 19.9 Å². The van der Waals surface area contributed by atoms with Gasteiger partial charge in [-0.25, -0.2) is 19.3 Å². The summed E-state index contributed by atoms with van der Waals surface area (Å²) in [6, 6.07) is 2.58. The summed E-state index contributed by atoms with van der Waals surface area (Å²) in [6.07, 6.45) is 0.386. The minimum atomic E-state index is -4.63. The van der Waals surface area contributed by atoms with Crippen LogP contribution in [0.5, 0.6) is 5.88 Å². The zero-order chi connectivity index (χ0) is 21.8. The Bertz CT molecular complexity index is 1280. The molecule has 0 radical (unpaired) electrons. The Balaban J connectivity index is 1.42. The van der Waals surface area contributed by atoms with Gasteiger partial charge in [-0.05, 0) is 30.5 Å². The van der Waals surface area contributed by atoms with Crippen LogP contribution in [0.1, 0.15) is 30.1 Å². The maximum atomic E-state index is 14.8. The van der Waals surface area contributed by atoms with E-state index in [0.717, 1.165) is 12.3 Å². The lowest BCUT2D eigenvalue weighted by Gasteiger charge is -2.09. The predicted octanol–water partition coefficient (Wildman–Crippen LogP) is 5.21. The highest BCUT2D eigenvalue weighted by Gasteiger charge is 2.38. The molecule has 0 aliphatic heterocycles. The Morgan fingerprint density at radius 3 is 2.74 bits per heavy atom. The monoisotopic (exact) mass is 453 g/mol. The van der Waals surface area contributed by atoms with Crippen molar-refractivity contribution in [3.63, 3.8) is 0 Å². The quantitative estimate of drug-likeness (QED) is 0.305. The van der Waals surface area contributed by atoms with E-state index >= 15 is 0 Å². The topological polar surface area (TPSA) is 78.9 Å². The minimum absolute atomic E-state index is 0.0454. The van der Waals surface area contributed by atoms with Crippen LogP contribution in [0.4, 0.5) is 17.6 Å². The van der Waals surface area contributed by atoms with Crippen molar-refractivity contribution < 1.29 is 26.7 Å². The van der Waals surface area contributed by atoms with Crippen LogP contribution in [-0.2, 0) is 12.8 Å². The van der Waals surface area contributed by atoms with Crippen molar-refractivity contribution in [2.45, 2.75) is 31.7 Å². The third-order valence-corrected chi connectivity index (χ3v) is 4.86. The van der Waals surface area contributed by atoms with Crippen LogP contribution in [-0.4, -0.2) is 24.5 Å². The summed E-state index contributed by atoms with van der Waals surface area (Å²) < 4.78 is 66.2. The van der Waals surface area contributed by atoms with Gasteiger partial charge >= 0.3 is 6.18 Å². The number of pyridine rings is 1. The SMILES string of the molecule is Fc1cc(COc2nc(Cl)nc3ccoc23)cnc1-c1nc(C(F)(F)F)cn1C1CC1. The minimum Gasteiger partial charge on any atom is -0.470 e. The van der Waals surface area contributed by atoms with Crippen molar-refractivity contribution >= 4 is 22.7 Å². The smallest absolute Gasteiger partial charge is 0.434 e. The first kappa shape index (κ1) is 19.7. The average Bonchev–Trinajstić information content (AvgIpc) is 3.26. The number of hydrogen-bond donors (Lipinski definition) is 0. The first-order valence-electron chi connectivity index (χ1n) is 9.14. The second-order valence-corrected chi connectivity index (χ2v) is 7.32. The number of furan rings is 1. The van der Waals surface area contributed by atoms with Gasteiger partial charge in [0.2, 0.25) is 10.9 Å². The number of fused-ring (bicyclic) bond motifs is 1. The van der Waals surface area contributed by atoms with Gasteiger partial charge in [0.1, 0.15) is 17.8 Å². The highest BCUT2D eigenvalue weighted by molar-refractivity contribution is 6.28. The summed E-state index contributed by atoms with van der Waals surface area (Å²) >= 11 is 5.85. The van der Waals surface area contributed by atoms with Crippen LogP contribution in [0.15, 0.2) is 35.2 Å². The highest BCUT2D eigenvalue weighted by atomic mass is 35.5. The molecule has 0 unspecified atom stereocenters. The summed E-state index contributed by atoms with van der Waals surface area (Å²) in [5.41, 5.74) is -0.283. The first-order chi connectivity index (χ1) is 14.8. The number of aromatic nitrogens is 5. The molecule has 0 atom stereocenters. The Morgan fingerprint density at radius 2 is 2.03 bits per heavy atom. The summed E-state index contributed by atoms with van der Waals surface area (Å²) in [6.45, 7) is -0.127. The number of rotatable bonds is 5. The van der Waals surface area contributed by atoms with Gasteiger partial charge in [0.25, 0.3) is 5.88 Å². The van der Waals surface area contributed by atoms with E-state index in [0.29, 0.717) is 23.9 Å². The zero-order valence-electron chi connectivity index (χ0n) is 15.5. The molecule has 1 aliphatic carbocycles. The lowest BCUT2D eigenvalue weighted by Crippen LogP contribution is -2.05. The number of halogens is 5. The molecule has 0 saturated heterocycles. The Hall–Kier alpha value is -3.21. The van der Waals surface area contributed by atoms with Gasteiger partial charge in [-0.3, -0.25) is 0 Å². The van der Waals surface area contributed by atoms with Gasteiger partial charge in [-0.1, -0.05) is 0 Å². The maximum Gasteiger partial charge on any atom is 0.434 e. The van der Waals surface area contributed by atoms with Crippen molar-refractivity contribution in [1.29, 1.82) is 0 Å². The molecule has 1 saturated carbocycles. The van der Waals surface area contributed by atoms with Crippen LogP contribution >= 0.6 is 11.6 Å². The lowest BCUT2D eigenvalue weighted by atomic mass is 10.2. The van der Waals surface area contributed by atoms with E-state index in [-0.39, 0.29) is 40.9 Å². The van der Waals surface area contributed by atoms with E-state index in [9.17, 15) is 17.6 Å². The van der Waals surface area contributed by atoms with Crippen molar-refractivity contribution in [1.82, 2.24) is 24.5 Å². The third kappa shape index (κ3) is 3.80. The van der Waals surface area contributed by atoms with Crippen molar-refractivity contribution in [2.24, 2.45) is 0 Å². The maximum absolute atomic E-state index is 14.8. The van der Waals surface area contributed by atoms with Crippen LogP contribution in [0.3, 0.4) is 0 Å². The van der Waals surface area contributed by atoms with E-state index in [1.54, 1.807) is 6.07 Å². The highest BCUT2D eigenvalue weighted by Crippen LogP contribution is 2.41. The summed E-state index contributed by atoms with van der Waals surface area (Å²) in [4.78, 5) is 15.5. The molecule has 31 heavy (non-hydrogen) atoms. The van der Waals surface area contributed by atoms with Crippen molar-refractivity contribution in [3.05, 3.63) is 53.1 Å². The molecular formula is C19H12ClF4N5O2. The van der Waals surface area contributed by atoms with Crippen LogP contribution < -0.4 is 4.74 Å². The Labute approximate surface area is 176 Å². The average molecular weight is 454 g/mol. The Morgan fingerprint density at radius 1 is 1.23 bits per heavy atom. The molecule has 4 heterocycles. The fourth-order valence-corrected chi connectivity index (χ4v) is 3.28. The molecule has 1 aliphatic rings. The van der Waals surface area contributed by atoms with E-state index < -0.39 is 17.7 Å². The molecule has 0 N–H and O–H groups in total. The first-order valence-corrected chi connectivity index (χ1v) is 9.52. The van der Waals surface area contributed by atoms with Gasteiger partial charge < -0.3 is 13.7 Å². The standard InChI is InChI=1S/C19H12ClF4N5O2/c20-18-26-12-3-4-30-15(12)17(28-18)31-8-9-5-11(21)14(25-6-9)16-27-13(19(22,23)24)7-29(16)10-1-2-10/h3-7,10H,1-2,8H2. The number of alkyl halides is 3. The number of hydrogen-bond acceptors (Lipinski definition) is 6. The molecule has 4 aromatic rings. The molecular weight excluding hydrogens is 442 g/mol. The lowest BCUT2D eigenvalue weighted by molar-refractivity contribution is -0.140. The molecule has 0 aromatic carbocycles. The molecule has 4 aromatic heterocycles. The molecule has 12 heteroatoms. The second-order valence-electron chi connectivity index (χ2n) is 6.98. The molecule has 5 rings (SSSR count). The summed E-state index contributed by atoms with van der Waals surface area (Å²) in [7, 11) is 0. The molecule has 7 nitrogen and oxygen atoms in total. The van der Waals surface area contributed by atoms with Crippen LogP contribution in [0.2, 0.25) is 5.28 Å². The summed E-state index contributed by atoms with van der Waals surface area (Å²) in [5, 5.41) is -0.0454. The van der Waals surface area contributed by atoms with Crippen molar-refractivity contribution in [2.75, 3.05) is 0 Å². The molecule has 0 bridgehead atoms. The fourth-order valence-electron chi connectivity index (χ4n) is 3.12. The van der Waals surface area contributed by atoms with Crippen molar-refractivity contribution in [3.8, 4) is 17.4 Å². The predicted molar refractivity (Wildman–Crippen MR) is 99.8 cm³/mol. The molecule has 0 spiro atoms. The van der Waals surface area contributed by atoms with Gasteiger partial charge in [-0.15, -0.1) is 0 Å². The zero-order valence-corrected chi connectivity index (χ0v) is 16.3. The van der Waals surface area contributed by atoms with E-state index in [1.165, 1.54) is 17.0 Å². The van der Waals surface area contributed by atoms with Gasteiger partial charge in [-0.2, -0.15) is 18.2 Å². The Kier molecular flexibility index (Phi) is 4.58. The van der Waals surface area contributed by atoms with E-state index in [1.807, 2.05) is 0 Å². The van der Waals surface area contributed by atoms with E-state index in [4.69, 9.17) is 20.8 Å². The largest absolute Gasteiger partial charge is 0.470 e. The molecule has 1 fully saturated rings. The second kappa shape index (κ2) is 7.19.